The van der Waals surface area contributed by atoms with Crippen LogP contribution in [0.1, 0.15) is 5.56 Å². The second-order valence-corrected chi connectivity index (χ2v) is 10.6. The molecule has 10 heteroatoms. The van der Waals surface area contributed by atoms with Crippen molar-refractivity contribution in [2.45, 2.75) is 11.4 Å². The monoisotopic (exact) mass is 527 g/mol. The molecule has 0 radical (unpaired) electrons. The number of nitrogens with zero attached hydrogens (tertiary/aromatic N) is 3. The molecular formula is C27H30FN3O5S. The van der Waals surface area contributed by atoms with Crippen LogP contribution in [0, 0.1) is 5.82 Å². The minimum atomic E-state index is -4.04. The number of carbonyl (C=O) groups excluding carboxylic acids is 1. The zero-order chi connectivity index (χ0) is 26.4. The molecule has 0 aliphatic carbocycles. The van der Waals surface area contributed by atoms with Crippen molar-refractivity contribution < 1.29 is 27.1 Å². The van der Waals surface area contributed by atoms with Crippen LogP contribution in [0.4, 0.5) is 10.1 Å². The van der Waals surface area contributed by atoms with Crippen LogP contribution in [-0.2, 0) is 21.4 Å². The third kappa shape index (κ3) is 6.20. The van der Waals surface area contributed by atoms with E-state index in [4.69, 9.17) is 9.47 Å². The van der Waals surface area contributed by atoms with Gasteiger partial charge in [0.05, 0.1) is 25.7 Å². The lowest BCUT2D eigenvalue weighted by molar-refractivity contribution is -0.131. The van der Waals surface area contributed by atoms with Gasteiger partial charge < -0.3 is 19.3 Å². The average molecular weight is 528 g/mol. The van der Waals surface area contributed by atoms with E-state index in [1.165, 1.54) is 48.9 Å². The predicted octanol–water partition coefficient (Wildman–Crippen LogP) is 3.38. The van der Waals surface area contributed by atoms with Crippen molar-refractivity contribution >= 4 is 21.6 Å². The summed E-state index contributed by atoms with van der Waals surface area (Å²) >= 11 is 0. The van der Waals surface area contributed by atoms with E-state index in [2.05, 4.69) is 4.90 Å². The number of hydrogen-bond acceptors (Lipinski definition) is 6. The summed E-state index contributed by atoms with van der Waals surface area (Å²) in [7, 11) is -1.13. The summed E-state index contributed by atoms with van der Waals surface area (Å²) in [6, 6.07) is 19.8. The molecule has 1 amide bonds. The third-order valence-electron chi connectivity index (χ3n) is 6.33. The van der Waals surface area contributed by atoms with Gasteiger partial charge >= 0.3 is 0 Å². The topological polar surface area (TPSA) is 79.4 Å². The molecule has 1 saturated heterocycles. The Morgan fingerprint density at radius 1 is 0.892 bits per heavy atom. The Labute approximate surface area is 216 Å². The van der Waals surface area contributed by atoms with Gasteiger partial charge in [0.15, 0.2) is 11.5 Å². The SMILES string of the molecule is COc1ccc(S(=O)(=O)N(CC(=O)N2CCN(c3ccc(F)cc3)CC2)Cc2ccccc2)cc1OC. The summed E-state index contributed by atoms with van der Waals surface area (Å²) in [4.78, 5) is 17.0. The first-order chi connectivity index (χ1) is 17.8. The van der Waals surface area contributed by atoms with E-state index in [-0.39, 0.29) is 35.5 Å². The van der Waals surface area contributed by atoms with Gasteiger partial charge in [0.1, 0.15) is 5.82 Å². The Balaban J connectivity index is 1.52. The minimum Gasteiger partial charge on any atom is -0.493 e. The lowest BCUT2D eigenvalue weighted by Crippen LogP contribution is -2.51. The van der Waals surface area contributed by atoms with Crippen molar-refractivity contribution in [2.75, 3.05) is 51.8 Å². The molecule has 0 unspecified atom stereocenters. The standard InChI is InChI=1S/C27H30FN3O5S/c1-35-25-13-12-24(18-26(25)36-2)37(33,34)31(19-21-6-4-3-5-7-21)20-27(32)30-16-14-29(15-17-30)23-10-8-22(28)9-11-23/h3-13,18H,14-17,19-20H2,1-2H3. The number of piperazine rings is 1. The predicted molar refractivity (Wildman–Crippen MR) is 139 cm³/mol. The van der Waals surface area contributed by atoms with E-state index < -0.39 is 10.0 Å². The van der Waals surface area contributed by atoms with Gasteiger partial charge in [-0.15, -0.1) is 0 Å². The summed E-state index contributed by atoms with van der Waals surface area (Å²) in [5, 5.41) is 0. The molecule has 1 heterocycles. The highest BCUT2D eigenvalue weighted by molar-refractivity contribution is 7.89. The normalized spacial score (nSPS) is 14.1. The van der Waals surface area contributed by atoms with Gasteiger partial charge in [-0.3, -0.25) is 4.79 Å². The van der Waals surface area contributed by atoms with Gasteiger partial charge in [-0.05, 0) is 42.0 Å². The molecule has 196 valence electrons. The smallest absolute Gasteiger partial charge is 0.243 e. The van der Waals surface area contributed by atoms with Crippen molar-refractivity contribution in [3.05, 3.63) is 84.2 Å². The van der Waals surface area contributed by atoms with E-state index in [1.54, 1.807) is 17.0 Å². The number of benzene rings is 3. The summed E-state index contributed by atoms with van der Waals surface area (Å²) in [6.45, 7) is 1.75. The zero-order valence-corrected chi connectivity index (χ0v) is 21.7. The summed E-state index contributed by atoms with van der Waals surface area (Å²) in [6.07, 6.45) is 0. The summed E-state index contributed by atoms with van der Waals surface area (Å²) in [5.74, 6) is 0.114. The summed E-state index contributed by atoms with van der Waals surface area (Å²) in [5.41, 5.74) is 1.65. The number of rotatable bonds is 9. The second-order valence-electron chi connectivity index (χ2n) is 8.62. The number of ether oxygens (including phenoxy) is 2. The van der Waals surface area contributed by atoms with Gasteiger partial charge in [0, 0.05) is 44.5 Å². The van der Waals surface area contributed by atoms with Gasteiger partial charge in [0.2, 0.25) is 15.9 Å². The zero-order valence-electron chi connectivity index (χ0n) is 20.8. The molecule has 1 fully saturated rings. The molecule has 1 aliphatic heterocycles. The second kappa shape index (κ2) is 11.6. The number of amides is 1. The molecule has 0 aromatic heterocycles. The highest BCUT2D eigenvalue weighted by Crippen LogP contribution is 2.31. The van der Waals surface area contributed by atoms with E-state index in [9.17, 15) is 17.6 Å². The highest BCUT2D eigenvalue weighted by Gasteiger charge is 2.31. The minimum absolute atomic E-state index is 0.00927. The van der Waals surface area contributed by atoms with Crippen LogP contribution < -0.4 is 14.4 Å². The maximum atomic E-state index is 13.7. The molecule has 8 nitrogen and oxygen atoms in total. The van der Waals surface area contributed by atoms with Crippen molar-refractivity contribution in [1.29, 1.82) is 0 Å². The lowest BCUT2D eigenvalue weighted by Gasteiger charge is -2.37. The van der Waals surface area contributed by atoms with Gasteiger partial charge in [-0.25, -0.2) is 12.8 Å². The molecule has 0 N–H and O–H groups in total. The molecule has 1 aliphatic rings. The Bertz CT molecular complexity index is 1310. The van der Waals surface area contributed by atoms with Crippen molar-refractivity contribution in [3.8, 4) is 11.5 Å². The molecule has 0 spiro atoms. The van der Waals surface area contributed by atoms with Crippen LogP contribution in [0.25, 0.3) is 0 Å². The van der Waals surface area contributed by atoms with Gasteiger partial charge in [-0.1, -0.05) is 30.3 Å². The van der Waals surface area contributed by atoms with Crippen LogP contribution in [0.3, 0.4) is 0 Å². The first-order valence-corrected chi connectivity index (χ1v) is 13.3. The van der Waals surface area contributed by atoms with Crippen molar-refractivity contribution in [3.63, 3.8) is 0 Å². The van der Waals surface area contributed by atoms with Gasteiger partial charge in [0.25, 0.3) is 0 Å². The lowest BCUT2D eigenvalue weighted by atomic mass is 10.2. The van der Waals surface area contributed by atoms with Crippen LogP contribution in [0.5, 0.6) is 11.5 Å². The molecule has 3 aromatic rings. The first kappa shape index (κ1) is 26.4. The van der Waals surface area contributed by atoms with E-state index in [0.717, 1.165) is 11.3 Å². The maximum Gasteiger partial charge on any atom is 0.243 e. The molecule has 0 atom stereocenters. The fourth-order valence-electron chi connectivity index (χ4n) is 4.26. The van der Waals surface area contributed by atoms with E-state index in [1.807, 2.05) is 30.3 Å². The molecule has 3 aromatic carbocycles. The average Bonchev–Trinajstić information content (AvgIpc) is 2.93. The van der Waals surface area contributed by atoms with Crippen LogP contribution in [0.2, 0.25) is 0 Å². The molecular weight excluding hydrogens is 497 g/mol. The van der Waals surface area contributed by atoms with Crippen LogP contribution in [-0.4, -0.2) is 70.5 Å². The Kier molecular flexibility index (Phi) is 8.30. The number of halogens is 1. The molecule has 0 bridgehead atoms. The largest absolute Gasteiger partial charge is 0.493 e. The fraction of sp³-hybridized carbons (Fsp3) is 0.296. The Morgan fingerprint density at radius 3 is 2.16 bits per heavy atom. The number of methoxy groups -OCH3 is 2. The first-order valence-electron chi connectivity index (χ1n) is 11.9. The quantitative estimate of drug-likeness (QED) is 0.425. The highest BCUT2D eigenvalue weighted by atomic mass is 32.2. The number of anilines is 1. The molecule has 37 heavy (non-hydrogen) atoms. The summed E-state index contributed by atoms with van der Waals surface area (Å²) < 4.78 is 52.4. The van der Waals surface area contributed by atoms with E-state index in [0.29, 0.717) is 31.9 Å². The van der Waals surface area contributed by atoms with E-state index >= 15 is 0 Å². The maximum absolute atomic E-state index is 13.7. The van der Waals surface area contributed by atoms with Crippen molar-refractivity contribution in [2.24, 2.45) is 0 Å². The number of carbonyl (C=O) groups is 1. The third-order valence-corrected chi connectivity index (χ3v) is 8.12. The fourth-order valence-corrected chi connectivity index (χ4v) is 5.65. The molecule has 0 saturated carbocycles. The number of hydrogen-bond donors (Lipinski definition) is 0. The van der Waals surface area contributed by atoms with Crippen molar-refractivity contribution in [1.82, 2.24) is 9.21 Å². The van der Waals surface area contributed by atoms with Gasteiger partial charge in [-0.2, -0.15) is 4.31 Å². The number of sulfonamides is 1. The molecule has 4 rings (SSSR count). The Hall–Kier alpha value is -3.63. The van der Waals surface area contributed by atoms with Crippen LogP contribution in [0.15, 0.2) is 77.7 Å². The Morgan fingerprint density at radius 2 is 1.54 bits per heavy atom. The van der Waals surface area contributed by atoms with Crippen LogP contribution >= 0.6 is 0 Å².